The Morgan fingerprint density at radius 1 is 1.10 bits per heavy atom. The minimum absolute atomic E-state index is 0.0142. The standard InChI is InChI=1S/C19H19N3O5S2/c23-18(22-19-21-14-4-1-2-5-17(14)28-19)8-9-20-29(24,25)13-6-7-15-16(12-13)27-11-3-10-26-15/h1-2,4-7,12,20H,3,8-11H2,(H,21,22,23). The second-order valence-corrected chi connectivity index (χ2v) is 9.14. The molecule has 1 aliphatic rings. The number of nitrogens with one attached hydrogen (secondary N) is 2. The van der Waals surface area contributed by atoms with Crippen LogP contribution in [-0.2, 0) is 14.8 Å². The Morgan fingerprint density at radius 3 is 2.72 bits per heavy atom. The van der Waals surface area contributed by atoms with Gasteiger partial charge in [-0.3, -0.25) is 4.79 Å². The number of sulfonamides is 1. The van der Waals surface area contributed by atoms with Gasteiger partial charge < -0.3 is 14.8 Å². The van der Waals surface area contributed by atoms with Crippen molar-refractivity contribution in [2.75, 3.05) is 25.1 Å². The zero-order valence-corrected chi connectivity index (χ0v) is 17.0. The zero-order valence-electron chi connectivity index (χ0n) is 15.4. The van der Waals surface area contributed by atoms with E-state index in [-0.39, 0.29) is 23.8 Å². The molecule has 0 saturated carbocycles. The van der Waals surface area contributed by atoms with Gasteiger partial charge in [0.15, 0.2) is 16.6 Å². The average Bonchev–Trinajstić information content (AvgIpc) is 2.95. The van der Waals surface area contributed by atoms with E-state index in [1.807, 2.05) is 24.3 Å². The molecule has 0 aliphatic carbocycles. The van der Waals surface area contributed by atoms with Crippen LogP contribution in [0.25, 0.3) is 10.2 Å². The number of hydrogen-bond donors (Lipinski definition) is 2. The Morgan fingerprint density at radius 2 is 1.90 bits per heavy atom. The lowest BCUT2D eigenvalue weighted by Gasteiger charge is -2.10. The van der Waals surface area contributed by atoms with Crippen molar-refractivity contribution in [1.29, 1.82) is 0 Å². The maximum atomic E-state index is 12.5. The van der Waals surface area contributed by atoms with Crippen LogP contribution in [0.15, 0.2) is 47.4 Å². The third kappa shape index (κ3) is 4.66. The Kier molecular flexibility index (Phi) is 5.65. The number of thiazole rings is 1. The summed E-state index contributed by atoms with van der Waals surface area (Å²) in [6, 6.07) is 12.0. The summed E-state index contributed by atoms with van der Waals surface area (Å²) in [4.78, 5) is 16.5. The number of anilines is 1. The summed E-state index contributed by atoms with van der Waals surface area (Å²) in [6.45, 7) is 0.963. The largest absolute Gasteiger partial charge is 0.490 e. The smallest absolute Gasteiger partial charge is 0.240 e. The molecule has 1 aromatic heterocycles. The predicted octanol–water partition coefficient (Wildman–Crippen LogP) is 2.76. The third-order valence-corrected chi connectivity index (χ3v) is 6.62. The van der Waals surface area contributed by atoms with Crippen molar-refractivity contribution in [2.24, 2.45) is 0 Å². The van der Waals surface area contributed by atoms with Crippen LogP contribution in [0, 0.1) is 0 Å². The Bertz CT molecular complexity index is 1110. The first-order valence-electron chi connectivity index (χ1n) is 9.06. The maximum Gasteiger partial charge on any atom is 0.240 e. The molecule has 1 amide bonds. The van der Waals surface area contributed by atoms with Gasteiger partial charge in [0.05, 0.1) is 28.3 Å². The van der Waals surface area contributed by atoms with Crippen molar-refractivity contribution in [3.8, 4) is 11.5 Å². The molecule has 0 atom stereocenters. The minimum Gasteiger partial charge on any atom is -0.490 e. The van der Waals surface area contributed by atoms with Crippen LogP contribution in [0.4, 0.5) is 5.13 Å². The fourth-order valence-corrected chi connectivity index (χ4v) is 4.73. The molecule has 152 valence electrons. The molecule has 2 N–H and O–H groups in total. The van der Waals surface area contributed by atoms with Gasteiger partial charge in [-0.2, -0.15) is 0 Å². The topological polar surface area (TPSA) is 107 Å². The fourth-order valence-electron chi connectivity index (χ4n) is 2.80. The molecule has 1 aliphatic heterocycles. The van der Waals surface area contributed by atoms with Gasteiger partial charge in [-0.1, -0.05) is 23.5 Å². The molecule has 29 heavy (non-hydrogen) atoms. The van der Waals surface area contributed by atoms with Gasteiger partial charge in [0.1, 0.15) is 0 Å². The predicted molar refractivity (Wildman–Crippen MR) is 110 cm³/mol. The number of fused-ring (bicyclic) bond motifs is 2. The molecule has 0 unspecified atom stereocenters. The highest BCUT2D eigenvalue weighted by atomic mass is 32.2. The number of aromatic nitrogens is 1. The molecule has 3 aromatic rings. The van der Waals surface area contributed by atoms with Gasteiger partial charge in [0, 0.05) is 25.5 Å². The van der Waals surface area contributed by atoms with Gasteiger partial charge in [-0.15, -0.1) is 0 Å². The minimum atomic E-state index is -3.77. The van der Waals surface area contributed by atoms with E-state index in [9.17, 15) is 13.2 Å². The molecule has 0 fully saturated rings. The molecule has 4 rings (SSSR count). The maximum absolute atomic E-state index is 12.5. The summed E-state index contributed by atoms with van der Waals surface area (Å²) < 4.78 is 39.5. The summed E-state index contributed by atoms with van der Waals surface area (Å²) in [6.07, 6.45) is 0.721. The first-order chi connectivity index (χ1) is 14.0. The van der Waals surface area contributed by atoms with Crippen molar-refractivity contribution in [3.63, 3.8) is 0 Å². The number of nitrogens with zero attached hydrogens (tertiary/aromatic N) is 1. The molecule has 0 spiro atoms. The van der Waals surface area contributed by atoms with Crippen molar-refractivity contribution in [1.82, 2.24) is 9.71 Å². The summed E-state index contributed by atoms with van der Waals surface area (Å²) in [5.74, 6) is 0.612. The monoisotopic (exact) mass is 433 g/mol. The van der Waals surface area contributed by atoms with E-state index < -0.39 is 10.0 Å². The third-order valence-electron chi connectivity index (χ3n) is 4.21. The number of hydrogen-bond acceptors (Lipinski definition) is 7. The molecule has 10 heteroatoms. The van der Waals surface area contributed by atoms with Crippen LogP contribution >= 0.6 is 11.3 Å². The second-order valence-electron chi connectivity index (χ2n) is 6.34. The molecule has 0 bridgehead atoms. The zero-order chi connectivity index (χ0) is 20.3. The van der Waals surface area contributed by atoms with E-state index in [1.165, 1.54) is 23.5 Å². The van der Waals surface area contributed by atoms with Crippen LogP contribution in [0.1, 0.15) is 12.8 Å². The quantitative estimate of drug-likeness (QED) is 0.619. The Hall–Kier alpha value is -2.69. The van der Waals surface area contributed by atoms with Crippen LogP contribution < -0.4 is 19.5 Å². The number of para-hydroxylation sites is 1. The summed E-state index contributed by atoms with van der Waals surface area (Å²) in [5.41, 5.74) is 0.808. The van der Waals surface area contributed by atoms with Crippen LogP contribution in [0.3, 0.4) is 0 Å². The second kappa shape index (κ2) is 8.36. The SMILES string of the molecule is O=C(CCNS(=O)(=O)c1ccc2c(c1)OCCCO2)Nc1nc2ccccc2s1. The van der Waals surface area contributed by atoms with E-state index in [4.69, 9.17) is 9.47 Å². The number of carbonyl (C=O) groups excluding carboxylic acids is 1. The van der Waals surface area contributed by atoms with Gasteiger partial charge in [-0.05, 0) is 24.3 Å². The van der Waals surface area contributed by atoms with Crippen molar-refractivity contribution in [2.45, 2.75) is 17.7 Å². The van der Waals surface area contributed by atoms with E-state index in [0.29, 0.717) is 29.8 Å². The first-order valence-corrected chi connectivity index (χ1v) is 11.4. The lowest BCUT2D eigenvalue weighted by atomic mass is 10.3. The highest BCUT2D eigenvalue weighted by Crippen LogP contribution is 2.31. The summed E-state index contributed by atoms with van der Waals surface area (Å²) >= 11 is 1.37. The average molecular weight is 434 g/mol. The van der Waals surface area contributed by atoms with Crippen LogP contribution in [-0.4, -0.2) is 39.1 Å². The lowest BCUT2D eigenvalue weighted by Crippen LogP contribution is -2.27. The first kappa shape index (κ1) is 19.6. The van der Waals surface area contributed by atoms with Gasteiger partial charge in [0.2, 0.25) is 15.9 Å². The van der Waals surface area contributed by atoms with Gasteiger partial charge in [-0.25, -0.2) is 18.1 Å². The molecule has 2 aromatic carbocycles. The van der Waals surface area contributed by atoms with Crippen LogP contribution in [0.5, 0.6) is 11.5 Å². The van der Waals surface area contributed by atoms with E-state index >= 15 is 0 Å². The fraction of sp³-hybridized carbons (Fsp3) is 0.263. The Balaban J connectivity index is 1.34. The molecule has 0 saturated heterocycles. The molecule has 8 nitrogen and oxygen atoms in total. The number of amides is 1. The van der Waals surface area contributed by atoms with E-state index in [0.717, 1.165) is 16.6 Å². The lowest BCUT2D eigenvalue weighted by molar-refractivity contribution is -0.116. The normalized spacial score (nSPS) is 13.8. The van der Waals surface area contributed by atoms with E-state index in [1.54, 1.807) is 6.07 Å². The summed E-state index contributed by atoms with van der Waals surface area (Å²) in [7, 11) is -3.77. The van der Waals surface area contributed by atoms with Crippen molar-refractivity contribution < 1.29 is 22.7 Å². The molecule has 0 radical (unpaired) electrons. The number of rotatable bonds is 6. The van der Waals surface area contributed by atoms with E-state index in [2.05, 4.69) is 15.0 Å². The molecule has 2 heterocycles. The van der Waals surface area contributed by atoms with Crippen molar-refractivity contribution in [3.05, 3.63) is 42.5 Å². The van der Waals surface area contributed by atoms with Gasteiger partial charge >= 0.3 is 0 Å². The highest BCUT2D eigenvalue weighted by molar-refractivity contribution is 7.89. The number of ether oxygens (including phenoxy) is 2. The molecular formula is C19H19N3O5S2. The molecular weight excluding hydrogens is 414 g/mol. The summed E-state index contributed by atoms with van der Waals surface area (Å²) in [5, 5.41) is 3.19. The Labute approximate surface area is 171 Å². The van der Waals surface area contributed by atoms with Gasteiger partial charge in [0.25, 0.3) is 0 Å². The van der Waals surface area contributed by atoms with Crippen molar-refractivity contribution >= 4 is 42.6 Å². The highest BCUT2D eigenvalue weighted by Gasteiger charge is 2.19. The number of benzene rings is 2. The van der Waals surface area contributed by atoms with Crippen LogP contribution in [0.2, 0.25) is 0 Å². The number of carbonyl (C=O) groups is 1.